The van der Waals surface area contributed by atoms with Crippen molar-refractivity contribution in [3.8, 4) is 16.3 Å². The molecule has 4 rings (SSSR count). The van der Waals surface area contributed by atoms with Crippen LogP contribution in [0.4, 0.5) is 10.1 Å². The molecule has 31 heavy (non-hydrogen) atoms. The molecule has 158 valence electrons. The average Bonchev–Trinajstić information content (AvgIpc) is 3.22. The maximum Gasteiger partial charge on any atom is 0.124 e. The van der Waals surface area contributed by atoms with Gasteiger partial charge >= 0.3 is 0 Å². The summed E-state index contributed by atoms with van der Waals surface area (Å²) in [6.45, 7) is 0.0311. The predicted molar refractivity (Wildman–Crippen MR) is 131 cm³/mol. The molecule has 0 fully saturated rings. The van der Waals surface area contributed by atoms with E-state index in [2.05, 4.69) is 65.6 Å². The third-order valence-electron chi connectivity index (χ3n) is 4.94. The molecule has 1 heterocycles. The van der Waals surface area contributed by atoms with Crippen molar-refractivity contribution in [2.45, 2.75) is 6.42 Å². The molecule has 0 unspecified atom stereocenters. The van der Waals surface area contributed by atoms with Crippen LogP contribution in [-0.4, -0.2) is 32.4 Å². The minimum absolute atomic E-state index is 0.360. The highest BCUT2D eigenvalue weighted by Gasteiger charge is 2.07. The standard InChI is InChI=1S/C26H25FN2OS/c1-29(2)22-12-8-20(9-13-22)5-4-19-6-10-21(11-7-19)26-28-24-15-14-23(18-25(24)31-26)30-17-3-16-27/h4-15,18H,3,16-17H2,1-2H3/b5-4+. The summed E-state index contributed by atoms with van der Waals surface area (Å²) in [7, 11) is 4.08. The number of aromatic nitrogens is 1. The molecule has 0 spiro atoms. The number of benzene rings is 3. The van der Waals surface area contributed by atoms with Gasteiger partial charge in [0, 0.05) is 31.8 Å². The molecule has 0 N–H and O–H groups in total. The van der Waals surface area contributed by atoms with Gasteiger partial charge in [-0.1, -0.05) is 48.6 Å². The maximum atomic E-state index is 12.3. The lowest BCUT2D eigenvalue weighted by Crippen LogP contribution is -2.07. The molecule has 3 aromatic carbocycles. The molecule has 0 saturated heterocycles. The number of anilines is 1. The summed E-state index contributed by atoms with van der Waals surface area (Å²) >= 11 is 1.64. The normalized spacial score (nSPS) is 11.3. The third kappa shape index (κ3) is 5.30. The van der Waals surface area contributed by atoms with Crippen molar-refractivity contribution in [1.29, 1.82) is 0 Å². The van der Waals surface area contributed by atoms with E-state index in [1.165, 1.54) is 11.3 Å². The number of nitrogens with zero attached hydrogens (tertiary/aromatic N) is 2. The van der Waals surface area contributed by atoms with Crippen molar-refractivity contribution < 1.29 is 9.13 Å². The highest BCUT2D eigenvalue weighted by Crippen LogP contribution is 2.32. The van der Waals surface area contributed by atoms with Gasteiger partial charge in [0.2, 0.25) is 0 Å². The van der Waals surface area contributed by atoms with E-state index in [1.807, 2.05) is 32.3 Å². The first-order chi connectivity index (χ1) is 15.1. The van der Waals surface area contributed by atoms with Gasteiger partial charge in [-0.25, -0.2) is 4.98 Å². The fraction of sp³-hybridized carbons (Fsp3) is 0.192. The first-order valence-corrected chi connectivity index (χ1v) is 11.1. The Morgan fingerprint density at radius 2 is 1.61 bits per heavy atom. The zero-order chi connectivity index (χ0) is 21.6. The topological polar surface area (TPSA) is 25.4 Å². The monoisotopic (exact) mass is 432 g/mol. The molecule has 0 radical (unpaired) electrons. The molecule has 0 amide bonds. The number of rotatable bonds is 8. The second-order valence-corrected chi connectivity index (χ2v) is 8.51. The van der Waals surface area contributed by atoms with Crippen molar-refractivity contribution in [3.63, 3.8) is 0 Å². The van der Waals surface area contributed by atoms with Crippen LogP contribution in [0.25, 0.3) is 32.9 Å². The summed E-state index contributed by atoms with van der Waals surface area (Å²) in [6.07, 6.45) is 4.65. The summed E-state index contributed by atoms with van der Waals surface area (Å²) in [5, 5.41) is 0.978. The van der Waals surface area contributed by atoms with E-state index in [1.54, 1.807) is 11.3 Å². The van der Waals surface area contributed by atoms with E-state index in [0.29, 0.717) is 13.0 Å². The summed E-state index contributed by atoms with van der Waals surface area (Å²) in [5.74, 6) is 0.759. The number of thiazole rings is 1. The summed E-state index contributed by atoms with van der Waals surface area (Å²) < 4.78 is 18.9. The van der Waals surface area contributed by atoms with Crippen molar-refractivity contribution in [3.05, 3.63) is 77.9 Å². The SMILES string of the molecule is CN(C)c1ccc(/C=C/c2ccc(-c3nc4ccc(OCCCF)cc4s3)cc2)cc1. The molecule has 5 heteroatoms. The average molecular weight is 433 g/mol. The Labute approximate surface area is 186 Å². The number of hydrogen-bond acceptors (Lipinski definition) is 4. The summed E-state index contributed by atoms with van der Waals surface area (Å²) in [5.41, 5.74) is 5.54. The number of hydrogen-bond donors (Lipinski definition) is 0. The van der Waals surface area contributed by atoms with Crippen molar-refractivity contribution in [1.82, 2.24) is 4.98 Å². The first kappa shape index (κ1) is 21.1. The van der Waals surface area contributed by atoms with Gasteiger partial charge in [0.1, 0.15) is 10.8 Å². The second kappa shape index (κ2) is 9.75. The number of ether oxygens (including phenoxy) is 1. The second-order valence-electron chi connectivity index (χ2n) is 7.48. The Kier molecular flexibility index (Phi) is 6.63. The molecule has 0 aliphatic heterocycles. The van der Waals surface area contributed by atoms with Crippen molar-refractivity contribution >= 4 is 39.4 Å². The minimum Gasteiger partial charge on any atom is -0.493 e. The van der Waals surface area contributed by atoms with Crippen LogP contribution in [0.2, 0.25) is 0 Å². The lowest BCUT2D eigenvalue weighted by atomic mass is 10.1. The van der Waals surface area contributed by atoms with E-state index < -0.39 is 0 Å². The zero-order valence-electron chi connectivity index (χ0n) is 17.7. The smallest absolute Gasteiger partial charge is 0.124 e. The van der Waals surface area contributed by atoms with Crippen LogP contribution in [0.3, 0.4) is 0 Å². The molecule has 0 saturated carbocycles. The molecule has 0 aliphatic carbocycles. The molecule has 4 aromatic rings. The Morgan fingerprint density at radius 3 is 2.26 bits per heavy atom. The van der Waals surface area contributed by atoms with E-state index >= 15 is 0 Å². The van der Waals surface area contributed by atoms with Gasteiger partial charge in [0.05, 0.1) is 23.5 Å². The fourth-order valence-electron chi connectivity index (χ4n) is 3.18. The largest absolute Gasteiger partial charge is 0.493 e. The van der Waals surface area contributed by atoms with E-state index in [-0.39, 0.29) is 6.67 Å². The summed E-state index contributed by atoms with van der Waals surface area (Å²) in [6, 6.07) is 22.7. The Balaban J connectivity index is 1.46. The fourth-order valence-corrected chi connectivity index (χ4v) is 4.18. The Morgan fingerprint density at radius 1 is 0.935 bits per heavy atom. The van der Waals surface area contributed by atoms with Gasteiger partial charge < -0.3 is 9.64 Å². The van der Waals surface area contributed by atoms with Gasteiger partial charge in [-0.3, -0.25) is 4.39 Å². The summed E-state index contributed by atoms with van der Waals surface area (Å²) in [4.78, 5) is 6.84. The minimum atomic E-state index is -0.360. The predicted octanol–water partition coefficient (Wildman–Crippen LogP) is 6.94. The van der Waals surface area contributed by atoms with Crippen LogP contribution in [0.1, 0.15) is 17.5 Å². The van der Waals surface area contributed by atoms with E-state index in [0.717, 1.165) is 32.1 Å². The van der Waals surface area contributed by atoms with Crippen LogP contribution < -0.4 is 9.64 Å². The van der Waals surface area contributed by atoms with Crippen LogP contribution >= 0.6 is 11.3 Å². The number of halogens is 1. The van der Waals surface area contributed by atoms with Crippen LogP contribution in [0, 0.1) is 0 Å². The lowest BCUT2D eigenvalue weighted by Gasteiger charge is -2.11. The highest BCUT2D eigenvalue weighted by molar-refractivity contribution is 7.21. The molecule has 1 aromatic heterocycles. The molecule has 3 nitrogen and oxygen atoms in total. The highest BCUT2D eigenvalue weighted by atomic mass is 32.1. The van der Waals surface area contributed by atoms with Gasteiger partial charge in [-0.2, -0.15) is 0 Å². The van der Waals surface area contributed by atoms with Crippen LogP contribution in [0.15, 0.2) is 66.7 Å². The van der Waals surface area contributed by atoms with E-state index in [4.69, 9.17) is 9.72 Å². The van der Waals surface area contributed by atoms with Gasteiger partial charge in [-0.15, -0.1) is 11.3 Å². The van der Waals surface area contributed by atoms with Gasteiger partial charge in [0.15, 0.2) is 0 Å². The van der Waals surface area contributed by atoms with Crippen LogP contribution in [0.5, 0.6) is 5.75 Å². The quantitative estimate of drug-likeness (QED) is 0.223. The van der Waals surface area contributed by atoms with E-state index in [9.17, 15) is 4.39 Å². The molecule has 0 atom stereocenters. The molecule has 0 aliphatic rings. The Hall–Kier alpha value is -3.18. The zero-order valence-corrected chi connectivity index (χ0v) is 18.5. The lowest BCUT2D eigenvalue weighted by molar-refractivity contribution is 0.290. The third-order valence-corrected chi connectivity index (χ3v) is 6.01. The van der Waals surface area contributed by atoms with Crippen LogP contribution in [-0.2, 0) is 0 Å². The van der Waals surface area contributed by atoms with Gasteiger partial charge in [-0.05, 0) is 41.5 Å². The van der Waals surface area contributed by atoms with Crippen molar-refractivity contribution in [2.75, 3.05) is 32.3 Å². The van der Waals surface area contributed by atoms with Gasteiger partial charge in [0.25, 0.3) is 0 Å². The number of fused-ring (bicyclic) bond motifs is 1. The molecule has 0 bridgehead atoms. The number of alkyl halides is 1. The first-order valence-electron chi connectivity index (χ1n) is 10.3. The Bertz CT molecular complexity index is 1160. The molecular weight excluding hydrogens is 407 g/mol. The van der Waals surface area contributed by atoms with Crippen molar-refractivity contribution in [2.24, 2.45) is 0 Å². The molecular formula is C26H25FN2OS. The maximum absolute atomic E-state index is 12.3.